The first-order valence-electron chi connectivity index (χ1n) is 12.8. The molecule has 1 fully saturated rings. The fraction of sp³-hybridized carbons (Fsp3) is 0.286. The van der Waals surface area contributed by atoms with E-state index in [4.69, 9.17) is 9.47 Å². The Labute approximate surface area is 227 Å². The van der Waals surface area contributed by atoms with Crippen LogP contribution in [-0.4, -0.2) is 61.4 Å². The molecular weight excluding hydrogens is 523 g/mol. The SMILES string of the molecule is Cc1cc(Nc2ncnc3cccc(O[C@H]4CCN(C)[C@@H](C(F)(F)F)C4)c23)ccc1Oc1ccn2ncnc2c1. The molecule has 1 saturated heterocycles. The third-order valence-corrected chi connectivity index (χ3v) is 7.04. The van der Waals surface area contributed by atoms with Gasteiger partial charge in [-0.2, -0.15) is 18.3 Å². The van der Waals surface area contributed by atoms with E-state index < -0.39 is 18.3 Å². The predicted molar refractivity (Wildman–Crippen MR) is 143 cm³/mol. The Bertz CT molecular complexity index is 1670. The molecule has 2 atom stereocenters. The van der Waals surface area contributed by atoms with Crippen molar-refractivity contribution in [3.8, 4) is 17.2 Å². The monoisotopic (exact) mass is 549 g/mol. The van der Waals surface area contributed by atoms with Crippen LogP contribution in [-0.2, 0) is 0 Å². The highest BCUT2D eigenvalue weighted by Gasteiger charge is 2.46. The highest BCUT2D eigenvalue weighted by Crippen LogP contribution is 2.37. The van der Waals surface area contributed by atoms with Gasteiger partial charge in [-0.1, -0.05) is 6.07 Å². The Hall–Kier alpha value is -4.45. The predicted octanol–water partition coefficient (Wildman–Crippen LogP) is 5.92. The molecule has 0 aliphatic carbocycles. The molecule has 0 unspecified atom stereocenters. The number of alkyl halides is 3. The summed E-state index contributed by atoms with van der Waals surface area (Å²) >= 11 is 0. The first-order valence-corrected chi connectivity index (χ1v) is 12.8. The van der Waals surface area contributed by atoms with Gasteiger partial charge in [-0.05, 0) is 62.4 Å². The molecule has 0 bridgehead atoms. The quantitative estimate of drug-likeness (QED) is 0.279. The number of anilines is 2. The van der Waals surface area contributed by atoms with Gasteiger partial charge in [0.15, 0.2) is 5.65 Å². The van der Waals surface area contributed by atoms with E-state index in [-0.39, 0.29) is 6.42 Å². The number of fused-ring (bicyclic) bond motifs is 2. The van der Waals surface area contributed by atoms with Gasteiger partial charge in [0.1, 0.15) is 47.9 Å². The molecule has 2 aromatic carbocycles. The molecule has 0 saturated carbocycles. The van der Waals surface area contributed by atoms with Gasteiger partial charge >= 0.3 is 6.18 Å². The summed E-state index contributed by atoms with van der Waals surface area (Å²) in [6.45, 7) is 2.22. The summed E-state index contributed by atoms with van der Waals surface area (Å²) in [4.78, 5) is 14.3. The number of benzene rings is 2. The highest BCUT2D eigenvalue weighted by atomic mass is 19.4. The summed E-state index contributed by atoms with van der Waals surface area (Å²) in [5, 5.41) is 8.01. The van der Waals surface area contributed by atoms with Crippen molar-refractivity contribution in [2.75, 3.05) is 18.9 Å². The molecule has 0 spiro atoms. The fourth-order valence-electron chi connectivity index (χ4n) is 4.96. The van der Waals surface area contributed by atoms with Gasteiger partial charge in [0, 0.05) is 30.9 Å². The lowest BCUT2D eigenvalue weighted by atomic mass is 9.99. The Balaban J connectivity index is 1.24. The summed E-state index contributed by atoms with van der Waals surface area (Å²) in [6, 6.07) is 13.0. The van der Waals surface area contributed by atoms with E-state index in [1.807, 2.05) is 37.3 Å². The maximum absolute atomic E-state index is 13.6. The third-order valence-electron chi connectivity index (χ3n) is 7.04. The topological polar surface area (TPSA) is 89.7 Å². The van der Waals surface area contributed by atoms with Gasteiger partial charge in [0.05, 0.1) is 10.9 Å². The number of piperidine rings is 1. The van der Waals surface area contributed by atoms with Gasteiger partial charge in [0.2, 0.25) is 0 Å². The molecule has 4 heterocycles. The maximum atomic E-state index is 13.6. The number of halogens is 3. The van der Waals surface area contributed by atoms with Crippen molar-refractivity contribution in [3.05, 3.63) is 72.9 Å². The first-order chi connectivity index (χ1) is 19.2. The summed E-state index contributed by atoms with van der Waals surface area (Å²) in [5.41, 5.74) is 2.93. The number of nitrogens with zero attached hydrogens (tertiary/aromatic N) is 6. The molecule has 206 valence electrons. The smallest absolute Gasteiger partial charge is 0.404 e. The van der Waals surface area contributed by atoms with Crippen molar-refractivity contribution < 1.29 is 22.6 Å². The van der Waals surface area contributed by atoms with E-state index in [2.05, 4.69) is 25.4 Å². The van der Waals surface area contributed by atoms with Crippen LogP contribution in [0.1, 0.15) is 18.4 Å². The summed E-state index contributed by atoms with van der Waals surface area (Å²) in [5.74, 6) is 2.24. The van der Waals surface area contributed by atoms with Crippen molar-refractivity contribution in [1.29, 1.82) is 0 Å². The van der Waals surface area contributed by atoms with Crippen molar-refractivity contribution in [2.24, 2.45) is 0 Å². The van der Waals surface area contributed by atoms with E-state index in [9.17, 15) is 13.2 Å². The van der Waals surface area contributed by atoms with Crippen LogP contribution in [0.5, 0.6) is 17.2 Å². The summed E-state index contributed by atoms with van der Waals surface area (Å²) < 4.78 is 54.6. The molecule has 1 aliphatic rings. The van der Waals surface area contributed by atoms with Gasteiger partial charge in [-0.15, -0.1) is 0 Å². The van der Waals surface area contributed by atoms with Crippen LogP contribution in [0, 0.1) is 6.92 Å². The molecule has 9 nitrogen and oxygen atoms in total. The van der Waals surface area contributed by atoms with E-state index in [0.29, 0.717) is 52.6 Å². The van der Waals surface area contributed by atoms with Gasteiger partial charge in [0.25, 0.3) is 0 Å². The van der Waals surface area contributed by atoms with E-state index in [1.165, 1.54) is 24.6 Å². The largest absolute Gasteiger partial charge is 0.489 e. The molecule has 0 radical (unpaired) electrons. The third kappa shape index (κ3) is 5.22. The van der Waals surface area contributed by atoms with Gasteiger partial charge in [-0.25, -0.2) is 19.5 Å². The number of hydrogen-bond acceptors (Lipinski definition) is 8. The molecule has 1 aliphatic heterocycles. The lowest BCUT2D eigenvalue weighted by Gasteiger charge is -2.38. The Morgan fingerprint density at radius 3 is 2.70 bits per heavy atom. The van der Waals surface area contributed by atoms with E-state index >= 15 is 0 Å². The first kappa shape index (κ1) is 25.8. The number of rotatable bonds is 6. The van der Waals surface area contributed by atoms with Crippen molar-refractivity contribution in [1.82, 2.24) is 29.5 Å². The van der Waals surface area contributed by atoms with Crippen LogP contribution in [0.15, 0.2) is 67.4 Å². The molecule has 1 N–H and O–H groups in total. The number of ether oxygens (including phenoxy) is 2. The molecule has 40 heavy (non-hydrogen) atoms. The van der Waals surface area contributed by atoms with Crippen molar-refractivity contribution in [2.45, 2.75) is 38.1 Å². The van der Waals surface area contributed by atoms with E-state index in [0.717, 1.165) is 11.3 Å². The molecule has 12 heteroatoms. The minimum atomic E-state index is -4.32. The second-order valence-electron chi connectivity index (χ2n) is 9.81. The highest BCUT2D eigenvalue weighted by molar-refractivity contribution is 5.95. The number of pyridine rings is 1. The van der Waals surface area contributed by atoms with Crippen LogP contribution in [0.4, 0.5) is 24.7 Å². The lowest BCUT2D eigenvalue weighted by molar-refractivity contribution is -0.194. The minimum absolute atomic E-state index is 0.141. The molecule has 6 rings (SSSR count). The zero-order valence-electron chi connectivity index (χ0n) is 21.8. The number of likely N-dealkylation sites (tertiary alicyclic amines) is 1. The summed E-state index contributed by atoms with van der Waals surface area (Å²) in [7, 11) is 1.50. The van der Waals surface area contributed by atoms with Gasteiger partial charge in [-0.3, -0.25) is 4.90 Å². The Kier molecular flexibility index (Phi) is 6.62. The van der Waals surface area contributed by atoms with Gasteiger partial charge < -0.3 is 14.8 Å². The van der Waals surface area contributed by atoms with Crippen LogP contribution in [0.25, 0.3) is 16.6 Å². The van der Waals surface area contributed by atoms with Crippen LogP contribution in [0.3, 0.4) is 0 Å². The number of hydrogen-bond donors (Lipinski definition) is 1. The minimum Gasteiger partial charge on any atom is -0.489 e. The maximum Gasteiger partial charge on any atom is 0.404 e. The molecule has 5 aromatic rings. The molecule has 3 aromatic heterocycles. The standard InChI is InChI=1S/C28H26F3N7O2/c1-17-12-18(6-7-22(17)39-20-9-11-38-25(14-20)33-16-35-38)36-27-26-21(32-15-34-27)4-3-5-23(26)40-19-8-10-37(2)24(13-19)28(29,30)31/h3-7,9,11-12,14-16,19,24H,8,10,13H2,1-2H3,(H,32,34,36)/t19-,24+/m0/s1. The van der Waals surface area contributed by atoms with Crippen LogP contribution < -0.4 is 14.8 Å². The summed E-state index contributed by atoms with van der Waals surface area (Å²) in [6.07, 6.45) is 0.134. The second-order valence-corrected chi connectivity index (χ2v) is 9.81. The van der Waals surface area contributed by atoms with Crippen LogP contribution in [0.2, 0.25) is 0 Å². The Morgan fingerprint density at radius 2 is 1.88 bits per heavy atom. The van der Waals surface area contributed by atoms with Crippen LogP contribution >= 0.6 is 0 Å². The second kappa shape index (κ2) is 10.3. The number of aromatic nitrogens is 5. The normalized spacial score (nSPS) is 18.2. The number of nitrogens with one attached hydrogen (secondary N) is 1. The zero-order chi connectivity index (χ0) is 27.9. The molecule has 0 amide bonds. The average molecular weight is 550 g/mol. The number of aryl methyl sites for hydroxylation is 1. The average Bonchev–Trinajstić information content (AvgIpc) is 3.39. The Morgan fingerprint density at radius 1 is 1.00 bits per heavy atom. The van der Waals surface area contributed by atoms with Crippen molar-refractivity contribution >= 4 is 28.1 Å². The fourth-order valence-corrected chi connectivity index (χ4v) is 4.96. The lowest BCUT2D eigenvalue weighted by Crippen LogP contribution is -2.51. The zero-order valence-corrected chi connectivity index (χ0v) is 21.8. The van der Waals surface area contributed by atoms with E-state index in [1.54, 1.807) is 28.9 Å². The van der Waals surface area contributed by atoms with Crippen molar-refractivity contribution in [3.63, 3.8) is 0 Å². The molecular formula is C28H26F3N7O2.